The molecule has 2 N–H and O–H groups in total. The third-order valence-electron chi connectivity index (χ3n) is 5.09. The third-order valence-corrected chi connectivity index (χ3v) is 5.09. The van der Waals surface area contributed by atoms with Crippen LogP contribution >= 0.6 is 0 Å². The van der Waals surface area contributed by atoms with E-state index in [4.69, 9.17) is 0 Å². The maximum absolute atomic E-state index is 11.5. The molecule has 1 amide bonds. The normalized spacial score (nSPS) is 35.6. The zero-order valence-electron chi connectivity index (χ0n) is 13.7. The van der Waals surface area contributed by atoms with Gasteiger partial charge in [0.15, 0.2) is 5.96 Å². The van der Waals surface area contributed by atoms with Crippen LogP contribution in [0.25, 0.3) is 0 Å². The number of carbonyl (C=O) groups excluding carboxylic acids is 1. The first-order valence-corrected chi connectivity index (χ1v) is 8.33. The van der Waals surface area contributed by atoms with Gasteiger partial charge in [-0.2, -0.15) is 0 Å². The van der Waals surface area contributed by atoms with E-state index in [1.54, 1.807) is 4.90 Å². The number of fused-ring (bicyclic) bond motifs is 3. The first kappa shape index (κ1) is 15.6. The van der Waals surface area contributed by atoms with Crippen molar-refractivity contribution >= 4 is 11.9 Å². The van der Waals surface area contributed by atoms with E-state index < -0.39 is 0 Å². The van der Waals surface area contributed by atoms with Gasteiger partial charge in [-0.3, -0.25) is 19.6 Å². The Bertz CT molecular complexity index is 432. The Labute approximate surface area is 132 Å². The maximum atomic E-state index is 11.5. The van der Waals surface area contributed by atoms with Crippen LogP contribution in [0.5, 0.6) is 0 Å². The standard InChI is InChI=1S/C15H28N6O/c1-16-15(18-12-3-4-14(22)19(2)10-12)17-9-13-11-20-5-7-21(13)8-6-20/h12-13H,3-11H2,1-2H3,(H2,16,17,18). The van der Waals surface area contributed by atoms with Crippen LogP contribution in [-0.2, 0) is 4.79 Å². The Kier molecular flexibility index (Phi) is 4.83. The Morgan fingerprint density at radius 3 is 2.64 bits per heavy atom. The van der Waals surface area contributed by atoms with Crippen LogP contribution in [0, 0.1) is 0 Å². The predicted molar refractivity (Wildman–Crippen MR) is 87.0 cm³/mol. The number of hydrogen-bond donors (Lipinski definition) is 2. The lowest BCUT2D eigenvalue weighted by molar-refractivity contribution is -0.132. The lowest BCUT2D eigenvalue weighted by Crippen LogP contribution is -2.64. The number of likely N-dealkylation sites (tertiary alicyclic amines) is 1. The second-order valence-corrected chi connectivity index (χ2v) is 6.60. The number of carbonyl (C=O) groups is 1. The third kappa shape index (κ3) is 3.52. The molecule has 22 heavy (non-hydrogen) atoms. The molecule has 4 rings (SSSR count). The van der Waals surface area contributed by atoms with Crippen molar-refractivity contribution in [1.82, 2.24) is 25.3 Å². The summed E-state index contributed by atoms with van der Waals surface area (Å²) in [6, 6.07) is 0.873. The number of likely N-dealkylation sites (N-methyl/N-ethyl adjacent to an activating group) is 1. The number of hydrogen-bond acceptors (Lipinski definition) is 4. The molecule has 4 fully saturated rings. The van der Waals surface area contributed by atoms with E-state index in [1.807, 2.05) is 14.1 Å². The van der Waals surface area contributed by atoms with Crippen LogP contribution in [-0.4, -0.2) is 98.6 Å². The van der Waals surface area contributed by atoms with E-state index in [9.17, 15) is 4.79 Å². The lowest BCUT2D eigenvalue weighted by atomic mass is 10.1. The molecular formula is C15H28N6O. The zero-order chi connectivity index (χ0) is 15.5. The van der Waals surface area contributed by atoms with Crippen LogP contribution < -0.4 is 10.6 Å². The minimum atomic E-state index is 0.237. The summed E-state index contributed by atoms with van der Waals surface area (Å²) in [4.78, 5) is 22.8. The highest BCUT2D eigenvalue weighted by atomic mass is 16.2. The summed E-state index contributed by atoms with van der Waals surface area (Å²) in [5, 5.41) is 6.92. The van der Waals surface area contributed by atoms with Crippen molar-refractivity contribution in [2.45, 2.75) is 24.9 Å². The second kappa shape index (κ2) is 6.83. The van der Waals surface area contributed by atoms with Gasteiger partial charge in [0.25, 0.3) is 0 Å². The molecule has 4 aliphatic heterocycles. The van der Waals surface area contributed by atoms with Gasteiger partial charge in [0.2, 0.25) is 5.91 Å². The van der Waals surface area contributed by atoms with Gasteiger partial charge in [0.1, 0.15) is 0 Å². The number of rotatable bonds is 3. The Hall–Kier alpha value is -1.34. The molecule has 2 unspecified atom stereocenters. The van der Waals surface area contributed by atoms with Crippen LogP contribution in [0.15, 0.2) is 4.99 Å². The number of guanidine groups is 1. The molecule has 0 aliphatic carbocycles. The van der Waals surface area contributed by atoms with E-state index in [-0.39, 0.29) is 5.91 Å². The fourth-order valence-corrected chi connectivity index (χ4v) is 3.65. The molecule has 0 aromatic rings. The molecule has 124 valence electrons. The lowest BCUT2D eigenvalue weighted by Gasteiger charge is -2.47. The van der Waals surface area contributed by atoms with Gasteiger partial charge in [0, 0.05) is 78.4 Å². The quantitative estimate of drug-likeness (QED) is 0.505. The molecule has 0 aromatic carbocycles. The Morgan fingerprint density at radius 2 is 2.05 bits per heavy atom. The maximum Gasteiger partial charge on any atom is 0.222 e. The van der Waals surface area contributed by atoms with Crippen molar-refractivity contribution < 1.29 is 4.79 Å². The van der Waals surface area contributed by atoms with E-state index in [2.05, 4.69) is 25.4 Å². The molecule has 4 saturated heterocycles. The van der Waals surface area contributed by atoms with Crippen molar-refractivity contribution in [3.05, 3.63) is 0 Å². The fourth-order valence-electron chi connectivity index (χ4n) is 3.65. The number of amides is 1. The summed E-state index contributed by atoms with van der Waals surface area (Å²) < 4.78 is 0. The van der Waals surface area contributed by atoms with Crippen molar-refractivity contribution in [3.8, 4) is 0 Å². The van der Waals surface area contributed by atoms with Gasteiger partial charge >= 0.3 is 0 Å². The molecular weight excluding hydrogens is 280 g/mol. The van der Waals surface area contributed by atoms with E-state index in [0.29, 0.717) is 18.5 Å². The highest BCUT2D eigenvalue weighted by molar-refractivity contribution is 5.81. The SMILES string of the molecule is CN=C(NCC1CN2CCN1CC2)NC1CCC(=O)N(C)C1. The Morgan fingerprint density at radius 1 is 1.27 bits per heavy atom. The average molecular weight is 308 g/mol. The fraction of sp³-hybridized carbons (Fsp3) is 0.867. The first-order chi connectivity index (χ1) is 10.7. The molecule has 4 aliphatic rings. The summed E-state index contributed by atoms with van der Waals surface area (Å²) in [6.07, 6.45) is 1.50. The minimum Gasteiger partial charge on any atom is -0.355 e. The van der Waals surface area contributed by atoms with Gasteiger partial charge in [-0.1, -0.05) is 0 Å². The zero-order valence-corrected chi connectivity index (χ0v) is 13.7. The van der Waals surface area contributed by atoms with Crippen molar-refractivity contribution in [2.75, 3.05) is 59.9 Å². The van der Waals surface area contributed by atoms with Gasteiger partial charge in [-0.25, -0.2) is 0 Å². The van der Waals surface area contributed by atoms with Crippen molar-refractivity contribution in [2.24, 2.45) is 4.99 Å². The van der Waals surface area contributed by atoms with Crippen molar-refractivity contribution in [3.63, 3.8) is 0 Å². The van der Waals surface area contributed by atoms with E-state index >= 15 is 0 Å². The predicted octanol–water partition coefficient (Wildman–Crippen LogP) is -1.23. The largest absolute Gasteiger partial charge is 0.355 e. The Balaban J connectivity index is 1.45. The molecule has 7 heteroatoms. The summed E-state index contributed by atoms with van der Waals surface area (Å²) >= 11 is 0. The van der Waals surface area contributed by atoms with Crippen LogP contribution in [0.4, 0.5) is 0 Å². The van der Waals surface area contributed by atoms with Crippen molar-refractivity contribution in [1.29, 1.82) is 0 Å². The first-order valence-electron chi connectivity index (χ1n) is 8.33. The highest BCUT2D eigenvalue weighted by Crippen LogP contribution is 2.15. The number of piperazine rings is 3. The molecule has 2 bridgehead atoms. The van der Waals surface area contributed by atoms with Crippen LogP contribution in [0.3, 0.4) is 0 Å². The van der Waals surface area contributed by atoms with Gasteiger partial charge < -0.3 is 15.5 Å². The molecule has 0 saturated carbocycles. The number of nitrogens with zero attached hydrogens (tertiary/aromatic N) is 4. The molecule has 7 nitrogen and oxygen atoms in total. The number of aliphatic imine (C=N–C) groups is 1. The minimum absolute atomic E-state index is 0.237. The number of piperidine rings is 1. The average Bonchev–Trinajstić information content (AvgIpc) is 2.56. The summed E-state index contributed by atoms with van der Waals surface area (Å²) in [6.45, 7) is 7.64. The smallest absolute Gasteiger partial charge is 0.222 e. The van der Waals surface area contributed by atoms with Gasteiger partial charge in [-0.05, 0) is 6.42 Å². The topological polar surface area (TPSA) is 63.2 Å². The summed E-state index contributed by atoms with van der Waals surface area (Å²) in [7, 11) is 3.68. The van der Waals surface area contributed by atoms with Crippen LogP contribution in [0.1, 0.15) is 12.8 Å². The molecule has 4 heterocycles. The molecule has 0 aromatic heterocycles. The summed E-state index contributed by atoms with van der Waals surface area (Å²) in [5.74, 6) is 1.09. The molecule has 0 radical (unpaired) electrons. The summed E-state index contributed by atoms with van der Waals surface area (Å²) in [5.41, 5.74) is 0. The van der Waals surface area contributed by atoms with Gasteiger partial charge in [-0.15, -0.1) is 0 Å². The van der Waals surface area contributed by atoms with Gasteiger partial charge in [0.05, 0.1) is 0 Å². The highest BCUT2D eigenvalue weighted by Gasteiger charge is 2.31. The number of nitrogens with one attached hydrogen (secondary N) is 2. The van der Waals surface area contributed by atoms with E-state index in [0.717, 1.165) is 32.0 Å². The molecule has 0 spiro atoms. The second-order valence-electron chi connectivity index (χ2n) is 6.60. The monoisotopic (exact) mass is 308 g/mol. The van der Waals surface area contributed by atoms with Crippen LogP contribution in [0.2, 0.25) is 0 Å². The molecule has 2 atom stereocenters. The van der Waals surface area contributed by atoms with E-state index in [1.165, 1.54) is 26.2 Å².